The van der Waals surface area contributed by atoms with Crippen LogP contribution >= 0.6 is 15.9 Å². The Morgan fingerprint density at radius 2 is 2.16 bits per heavy atom. The summed E-state index contributed by atoms with van der Waals surface area (Å²) in [5.74, 6) is 0.669. The van der Waals surface area contributed by atoms with Crippen LogP contribution in [0.15, 0.2) is 53.3 Å². The summed E-state index contributed by atoms with van der Waals surface area (Å²) < 4.78 is 16.4. The molecule has 5 heteroatoms. The Hall–Kier alpha value is -1.88. The minimum absolute atomic E-state index is 0.214. The van der Waals surface area contributed by atoms with Crippen molar-refractivity contribution in [2.75, 3.05) is 5.32 Å². The van der Waals surface area contributed by atoms with E-state index in [0.717, 1.165) is 15.9 Å². The van der Waals surface area contributed by atoms with E-state index in [9.17, 15) is 4.39 Å². The highest BCUT2D eigenvalue weighted by molar-refractivity contribution is 9.10. The second-order valence-electron chi connectivity index (χ2n) is 4.16. The lowest BCUT2D eigenvalue weighted by atomic mass is 10.2. The largest absolute Gasteiger partial charge is 0.367 e. The fourth-order valence-corrected chi connectivity index (χ4v) is 2.36. The first-order valence-electron chi connectivity index (χ1n) is 5.84. The van der Waals surface area contributed by atoms with Crippen LogP contribution in [0.3, 0.4) is 0 Å². The van der Waals surface area contributed by atoms with Crippen LogP contribution in [0.2, 0.25) is 0 Å². The zero-order valence-corrected chi connectivity index (χ0v) is 11.6. The normalized spacial score (nSPS) is 10.8. The standard InChI is InChI=1S/C14H11BrFN3/c15-11-4-5-12(16)10(8-11)9-18-14-3-1-2-13-17-6-7-19(13)14/h1-8,18H,9H2. The first-order chi connectivity index (χ1) is 9.24. The maximum Gasteiger partial charge on any atom is 0.138 e. The molecule has 3 rings (SSSR count). The van der Waals surface area contributed by atoms with Gasteiger partial charge in [-0.05, 0) is 30.3 Å². The van der Waals surface area contributed by atoms with E-state index in [1.165, 1.54) is 6.07 Å². The van der Waals surface area contributed by atoms with Gasteiger partial charge in [0.05, 0.1) is 0 Å². The van der Waals surface area contributed by atoms with E-state index >= 15 is 0 Å². The van der Waals surface area contributed by atoms with E-state index in [4.69, 9.17) is 0 Å². The number of halogens is 2. The Morgan fingerprint density at radius 3 is 3.05 bits per heavy atom. The van der Waals surface area contributed by atoms with Gasteiger partial charge in [0.15, 0.2) is 0 Å². The highest BCUT2D eigenvalue weighted by Crippen LogP contribution is 2.17. The predicted octanol–water partition coefficient (Wildman–Crippen LogP) is 3.85. The topological polar surface area (TPSA) is 29.3 Å². The van der Waals surface area contributed by atoms with Gasteiger partial charge in [-0.25, -0.2) is 9.37 Å². The summed E-state index contributed by atoms with van der Waals surface area (Å²) in [6.07, 6.45) is 3.61. The van der Waals surface area contributed by atoms with Crippen LogP contribution in [-0.2, 0) is 6.54 Å². The summed E-state index contributed by atoms with van der Waals surface area (Å²) in [5, 5.41) is 3.22. The van der Waals surface area contributed by atoms with Crippen molar-refractivity contribution in [3.8, 4) is 0 Å². The molecule has 0 radical (unpaired) electrons. The van der Waals surface area contributed by atoms with Crippen LogP contribution in [0.4, 0.5) is 10.2 Å². The number of aromatic nitrogens is 2. The van der Waals surface area contributed by atoms with E-state index in [1.807, 2.05) is 28.8 Å². The van der Waals surface area contributed by atoms with Crippen LogP contribution in [0, 0.1) is 5.82 Å². The van der Waals surface area contributed by atoms with Crippen molar-refractivity contribution in [1.82, 2.24) is 9.38 Å². The number of hydrogen-bond acceptors (Lipinski definition) is 2. The number of rotatable bonds is 3. The average Bonchev–Trinajstić information content (AvgIpc) is 2.88. The van der Waals surface area contributed by atoms with Crippen LogP contribution < -0.4 is 5.32 Å². The van der Waals surface area contributed by atoms with E-state index in [-0.39, 0.29) is 5.82 Å². The molecule has 0 atom stereocenters. The van der Waals surface area contributed by atoms with Gasteiger partial charge in [0.25, 0.3) is 0 Å². The molecule has 0 bridgehead atoms. The first-order valence-corrected chi connectivity index (χ1v) is 6.63. The molecule has 1 aromatic carbocycles. The Morgan fingerprint density at radius 1 is 1.26 bits per heavy atom. The predicted molar refractivity (Wildman–Crippen MR) is 76.6 cm³/mol. The Kier molecular flexibility index (Phi) is 3.21. The third-order valence-electron chi connectivity index (χ3n) is 2.90. The third-order valence-corrected chi connectivity index (χ3v) is 3.39. The van der Waals surface area contributed by atoms with Crippen LogP contribution in [0.25, 0.3) is 5.65 Å². The average molecular weight is 320 g/mol. The molecular weight excluding hydrogens is 309 g/mol. The van der Waals surface area contributed by atoms with Crippen molar-refractivity contribution in [3.05, 3.63) is 64.6 Å². The molecule has 0 aliphatic carbocycles. The summed E-state index contributed by atoms with van der Waals surface area (Å²) in [6.45, 7) is 0.419. The Labute approximate surface area is 118 Å². The monoisotopic (exact) mass is 319 g/mol. The number of pyridine rings is 1. The molecule has 3 aromatic rings. The molecule has 2 aromatic heterocycles. The second kappa shape index (κ2) is 5.01. The van der Waals surface area contributed by atoms with Gasteiger partial charge in [-0.1, -0.05) is 22.0 Å². The van der Waals surface area contributed by atoms with Crippen molar-refractivity contribution in [3.63, 3.8) is 0 Å². The summed E-state index contributed by atoms with van der Waals surface area (Å²) in [7, 11) is 0. The van der Waals surface area contributed by atoms with E-state index < -0.39 is 0 Å². The number of hydrogen-bond donors (Lipinski definition) is 1. The van der Waals surface area contributed by atoms with Gasteiger partial charge in [0, 0.05) is 29.0 Å². The van der Waals surface area contributed by atoms with Gasteiger partial charge >= 0.3 is 0 Å². The number of benzene rings is 1. The van der Waals surface area contributed by atoms with Crippen LogP contribution in [0.5, 0.6) is 0 Å². The first kappa shape index (κ1) is 12.2. The van der Waals surface area contributed by atoms with Gasteiger partial charge in [-0.15, -0.1) is 0 Å². The highest BCUT2D eigenvalue weighted by atomic mass is 79.9. The number of anilines is 1. The lowest BCUT2D eigenvalue weighted by molar-refractivity contribution is 0.612. The number of fused-ring (bicyclic) bond motifs is 1. The summed E-state index contributed by atoms with van der Waals surface area (Å²) in [4.78, 5) is 4.21. The minimum Gasteiger partial charge on any atom is -0.367 e. The lowest BCUT2D eigenvalue weighted by Gasteiger charge is -2.10. The summed E-state index contributed by atoms with van der Waals surface area (Å²) >= 11 is 3.35. The summed E-state index contributed by atoms with van der Waals surface area (Å²) in [5.41, 5.74) is 1.48. The van der Waals surface area contributed by atoms with E-state index in [2.05, 4.69) is 26.2 Å². The van der Waals surface area contributed by atoms with Gasteiger partial charge in [-0.2, -0.15) is 0 Å². The molecule has 0 unspecified atom stereocenters. The highest BCUT2D eigenvalue weighted by Gasteiger charge is 2.04. The molecule has 0 saturated carbocycles. The molecule has 0 aliphatic heterocycles. The Balaban J connectivity index is 1.86. The zero-order valence-electron chi connectivity index (χ0n) is 9.98. The molecule has 0 amide bonds. The van der Waals surface area contributed by atoms with E-state index in [0.29, 0.717) is 12.1 Å². The van der Waals surface area contributed by atoms with Gasteiger partial charge in [0.2, 0.25) is 0 Å². The van der Waals surface area contributed by atoms with Crippen molar-refractivity contribution in [1.29, 1.82) is 0 Å². The van der Waals surface area contributed by atoms with Crippen LogP contribution in [0.1, 0.15) is 5.56 Å². The Bertz CT molecular complexity index is 724. The summed E-state index contributed by atoms with van der Waals surface area (Å²) in [6, 6.07) is 10.7. The molecule has 0 fully saturated rings. The molecule has 1 N–H and O–H groups in total. The maximum absolute atomic E-state index is 13.6. The van der Waals surface area contributed by atoms with Gasteiger partial charge in [-0.3, -0.25) is 4.40 Å². The van der Waals surface area contributed by atoms with Crippen LogP contribution in [-0.4, -0.2) is 9.38 Å². The third kappa shape index (κ3) is 2.46. The lowest BCUT2D eigenvalue weighted by Crippen LogP contribution is -2.05. The molecule has 0 saturated heterocycles. The fourth-order valence-electron chi connectivity index (χ4n) is 1.96. The fraction of sp³-hybridized carbons (Fsp3) is 0.0714. The molecule has 3 nitrogen and oxygen atoms in total. The van der Waals surface area contributed by atoms with Crippen molar-refractivity contribution >= 4 is 27.4 Å². The quantitative estimate of drug-likeness (QED) is 0.794. The maximum atomic E-state index is 13.6. The molecular formula is C14H11BrFN3. The zero-order chi connectivity index (χ0) is 13.2. The van der Waals surface area contributed by atoms with Crippen molar-refractivity contribution in [2.24, 2.45) is 0 Å². The molecule has 0 spiro atoms. The minimum atomic E-state index is -0.214. The smallest absolute Gasteiger partial charge is 0.138 e. The molecule has 96 valence electrons. The van der Waals surface area contributed by atoms with Gasteiger partial charge in [0.1, 0.15) is 17.3 Å². The molecule has 19 heavy (non-hydrogen) atoms. The molecule has 2 heterocycles. The SMILES string of the molecule is Fc1ccc(Br)cc1CNc1cccc2nccn12. The van der Waals surface area contributed by atoms with Gasteiger partial charge < -0.3 is 5.32 Å². The second-order valence-corrected chi connectivity index (χ2v) is 5.07. The number of nitrogens with zero attached hydrogens (tertiary/aromatic N) is 2. The number of imidazole rings is 1. The van der Waals surface area contributed by atoms with Crippen molar-refractivity contribution in [2.45, 2.75) is 6.54 Å². The molecule has 0 aliphatic rings. The van der Waals surface area contributed by atoms with Crippen molar-refractivity contribution < 1.29 is 4.39 Å². The number of nitrogens with one attached hydrogen (secondary N) is 1. The van der Waals surface area contributed by atoms with E-state index in [1.54, 1.807) is 18.3 Å².